The third kappa shape index (κ3) is 4.15. The molecule has 1 aliphatic rings. The van der Waals surface area contributed by atoms with E-state index in [9.17, 15) is 0 Å². The maximum Gasteiger partial charge on any atom is 0.00866 e. The van der Waals surface area contributed by atoms with Crippen molar-refractivity contribution in [2.75, 3.05) is 7.05 Å². The Bertz CT molecular complexity index is 174. The van der Waals surface area contributed by atoms with Crippen molar-refractivity contribution in [3.8, 4) is 12.3 Å². The minimum absolute atomic E-state index is 0.700. The molecule has 0 spiro atoms. The highest BCUT2D eigenvalue weighted by atomic mass is 14.9. The molecule has 14 heavy (non-hydrogen) atoms. The van der Waals surface area contributed by atoms with Gasteiger partial charge in [-0.05, 0) is 32.2 Å². The maximum absolute atomic E-state index is 5.25. The predicted octanol–water partition coefficient (Wildman–Crippen LogP) is 2.96. The summed E-state index contributed by atoms with van der Waals surface area (Å²) in [6.07, 6.45) is 15.8. The van der Waals surface area contributed by atoms with Crippen LogP contribution >= 0.6 is 0 Å². The highest BCUT2D eigenvalue weighted by Crippen LogP contribution is 2.29. The quantitative estimate of drug-likeness (QED) is 0.505. The second-order valence-electron chi connectivity index (χ2n) is 4.47. The first-order chi connectivity index (χ1) is 6.86. The summed E-state index contributed by atoms with van der Waals surface area (Å²) in [6, 6.07) is 0.700. The van der Waals surface area contributed by atoms with Gasteiger partial charge >= 0.3 is 0 Å². The number of hydrogen-bond donors (Lipinski definition) is 1. The standard InChI is InChI=1S/C13H23N/c1-3-4-5-10-13(14-2)11-12-8-6-7-9-12/h1,12-14H,4-11H2,2H3. The monoisotopic (exact) mass is 193 g/mol. The van der Waals surface area contributed by atoms with Crippen molar-refractivity contribution in [3.63, 3.8) is 0 Å². The van der Waals surface area contributed by atoms with Crippen LogP contribution < -0.4 is 5.32 Å². The zero-order valence-electron chi connectivity index (χ0n) is 9.39. The smallest absolute Gasteiger partial charge is 0.00866 e. The second-order valence-corrected chi connectivity index (χ2v) is 4.47. The molecule has 0 aromatic carbocycles. The molecule has 0 amide bonds. The van der Waals surface area contributed by atoms with Crippen LogP contribution in [0.25, 0.3) is 0 Å². The molecule has 0 saturated heterocycles. The molecule has 1 rings (SSSR count). The van der Waals surface area contributed by atoms with Gasteiger partial charge in [0.2, 0.25) is 0 Å². The van der Waals surface area contributed by atoms with Crippen LogP contribution in [0.4, 0.5) is 0 Å². The molecule has 0 aromatic rings. The van der Waals surface area contributed by atoms with Gasteiger partial charge in [-0.3, -0.25) is 0 Å². The summed E-state index contributed by atoms with van der Waals surface area (Å²) in [4.78, 5) is 0. The second kappa shape index (κ2) is 6.90. The summed E-state index contributed by atoms with van der Waals surface area (Å²) in [5.74, 6) is 3.70. The van der Waals surface area contributed by atoms with Gasteiger partial charge in [-0.1, -0.05) is 25.7 Å². The van der Waals surface area contributed by atoms with Crippen LogP contribution in [0.2, 0.25) is 0 Å². The van der Waals surface area contributed by atoms with Crippen molar-refractivity contribution in [1.29, 1.82) is 0 Å². The molecule has 1 fully saturated rings. The fraction of sp³-hybridized carbons (Fsp3) is 0.846. The molecule has 1 N–H and O–H groups in total. The zero-order valence-corrected chi connectivity index (χ0v) is 9.39. The summed E-state index contributed by atoms with van der Waals surface area (Å²) in [7, 11) is 2.08. The lowest BCUT2D eigenvalue weighted by Gasteiger charge is -2.19. The van der Waals surface area contributed by atoms with E-state index in [1.54, 1.807) is 0 Å². The zero-order chi connectivity index (χ0) is 10.2. The number of hydrogen-bond acceptors (Lipinski definition) is 1. The third-order valence-electron chi connectivity index (χ3n) is 3.37. The van der Waals surface area contributed by atoms with E-state index in [0.29, 0.717) is 6.04 Å². The largest absolute Gasteiger partial charge is 0.317 e. The van der Waals surface area contributed by atoms with E-state index in [0.717, 1.165) is 12.3 Å². The summed E-state index contributed by atoms with van der Waals surface area (Å²) >= 11 is 0. The van der Waals surface area contributed by atoms with Gasteiger partial charge in [-0.2, -0.15) is 0 Å². The molecular formula is C13H23N. The highest BCUT2D eigenvalue weighted by molar-refractivity contribution is 4.84. The Labute approximate surface area is 88.7 Å². The summed E-state index contributed by atoms with van der Waals surface area (Å²) in [5, 5.41) is 3.42. The minimum atomic E-state index is 0.700. The normalized spacial score (nSPS) is 19.4. The number of rotatable bonds is 6. The number of nitrogens with one attached hydrogen (secondary N) is 1. The van der Waals surface area contributed by atoms with Gasteiger partial charge in [0.05, 0.1) is 0 Å². The molecule has 1 atom stereocenters. The van der Waals surface area contributed by atoms with E-state index >= 15 is 0 Å². The Balaban J connectivity index is 2.13. The molecule has 1 nitrogen and oxygen atoms in total. The van der Waals surface area contributed by atoms with Crippen molar-refractivity contribution in [2.45, 2.75) is 57.4 Å². The van der Waals surface area contributed by atoms with Gasteiger partial charge in [-0.15, -0.1) is 12.3 Å². The van der Waals surface area contributed by atoms with Crippen LogP contribution in [0, 0.1) is 18.3 Å². The Morgan fingerprint density at radius 1 is 1.43 bits per heavy atom. The van der Waals surface area contributed by atoms with E-state index in [4.69, 9.17) is 6.42 Å². The van der Waals surface area contributed by atoms with Gasteiger partial charge in [0.1, 0.15) is 0 Å². The fourth-order valence-corrected chi connectivity index (χ4v) is 2.48. The first-order valence-corrected chi connectivity index (χ1v) is 5.97. The molecule has 0 bridgehead atoms. The molecular weight excluding hydrogens is 170 g/mol. The Kier molecular flexibility index (Phi) is 5.71. The number of terminal acetylenes is 1. The summed E-state index contributed by atoms with van der Waals surface area (Å²) < 4.78 is 0. The SMILES string of the molecule is C#CCCCC(CC1CCCC1)NC. The van der Waals surface area contributed by atoms with Crippen LogP contribution in [-0.4, -0.2) is 13.1 Å². The molecule has 1 heteroatoms. The summed E-state index contributed by atoms with van der Waals surface area (Å²) in [6.45, 7) is 0. The lowest BCUT2D eigenvalue weighted by Crippen LogP contribution is -2.27. The number of unbranched alkanes of at least 4 members (excludes halogenated alkanes) is 1. The lowest BCUT2D eigenvalue weighted by molar-refractivity contribution is 0.383. The van der Waals surface area contributed by atoms with Gasteiger partial charge in [-0.25, -0.2) is 0 Å². The third-order valence-corrected chi connectivity index (χ3v) is 3.37. The average Bonchev–Trinajstić information content (AvgIpc) is 2.69. The van der Waals surface area contributed by atoms with Crippen LogP contribution in [0.15, 0.2) is 0 Å². The van der Waals surface area contributed by atoms with E-state index < -0.39 is 0 Å². The first-order valence-electron chi connectivity index (χ1n) is 5.97. The van der Waals surface area contributed by atoms with Crippen LogP contribution in [0.5, 0.6) is 0 Å². The fourth-order valence-electron chi connectivity index (χ4n) is 2.48. The molecule has 80 valence electrons. The molecule has 1 saturated carbocycles. The Hall–Kier alpha value is -0.480. The predicted molar refractivity (Wildman–Crippen MR) is 62.1 cm³/mol. The van der Waals surface area contributed by atoms with E-state index in [-0.39, 0.29) is 0 Å². The average molecular weight is 193 g/mol. The topological polar surface area (TPSA) is 12.0 Å². The van der Waals surface area contributed by atoms with Crippen molar-refractivity contribution in [2.24, 2.45) is 5.92 Å². The van der Waals surface area contributed by atoms with Crippen LogP contribution in [0.3, 0.4) is 0 Å². The minimum Gasteiger partial charge on any atom is -0.317 e. The first kappa shape index (κ1) is 11.6. The van der Waals surface area contributed by atoms with E-state index in [2.05, 4.69) is 18.3 Å². The van der Waals surface area contributed by atoms with Crippen LogP contribution in [-0.2, 0) is 0 Å². The molecule has 1 unspecified atom stereocenters. The van der Waals surface area contributed by atoms with Gasteiger partial charge in [0.25, 0.3) is 0 Å². The molecule has 0 aliphatic heterocycles. The maximum atomic E-state index is 5.25. The Morgan fingerprint density at radius 3 is 2.71 bits per heavy atom. The van der Waals surface area contributed by atoms with Crippen LogP contribution in [0.1, 0.15) is 51.4 Å². The molecule has 0 radical (unpaired) electrons. The molecule has 1 aliphatic carbocycles. The van der Waals surface area contributed by atoms with Crippen molar-refractivity contribution < 1.29 is 0 Å². The van der Waals surface area contributed by atoms with Crippen molar-refractivity contribution >= 4 is 0 Å². The molecule has 0 heterocycles. The van der Waals surface area contributed by atoms with E-state index in [1.807, 2.05) is 0 Å². The summed E-state index contributed by atoms with van der Waals surface area (Å²) in [5.41, 5.74) is 0. The Morgan fingerprint density at radius 2 is 2.14 bits per heavy atom. The van der Waals surface area contributed by atoms with Gasteiger partial charge in [0.15, 0.2) is 0 Å². The highest BCUT2D eigenvalue weighted by Gasteiger charge is 2.18. The lowest BCUT2D eigenvalue weighted by atomic mass is 9.95. The van der Waals surface area contributed by atoms with E-state index in [1.165, 1.54) is 44.9 Å². The van der Waals surface area contributed by atoms with Gasteiger partial charge in [0, 0.05) is 12.5 Å². The van der Waals surface area contributed by atoms with Gasteiger partial charge < -0.3 is 5.32 Å². The van der Waals surface area contributed by atoms with Crippen molar-refractivity contribution in [1.82, 2.24) is 5.32 Å². The van der Waals surface area contributed by atoms with Crippen molar-refractivity contribution in [3.05, 3.63) is 0 Å². The molecule has 0 aromatic heterocycles.